The van der Waals surface area contributed by atoms with Crippen LogP contribution in [0, 0.1) is 5.92 Å². The Kier molecular flexibility index (Phi) is 12.8. The van der Waals surface area contributed by atoms with E-state index in [4.69, 9.17) is 4.74 Å². The van der Waals surface area contributed by atoms with Gasteiger partial charge in [-0.3, -0.25) is 0 Å². The van der Waals surface area contributed by atoms with E-state index in [-0.39, 0.29) is 13.2 Å². The van der Waals surface area contributed by atoms with Crippen LogP contribution in [0.2, 0.25) is 0 Å². The molecule has 0 aromatic carbocycles. The third kappa shape index (κ3) is 12.2. The van der Waals surface area contributed by atoms with E-state index in [1.54, 1.807) is 6.92 Å². The quantitative estimate of drug-likeness (QED) is 0.250. The number of ether oxygens (including phenoxy) is 2. The van der Waals surface area contributed by atoms with Crippen molar-refractivity contribution in [3.63, 3.8) is 0 Å². The van der Waals surface area contributed by atoms with Crippen LogP contribution in [0.15, 0.2) is 12.2 Å². The third-order valence-corrected chi connectivity index (χ3v) is 3.22. The molecule has 0 bridgehead atoms. The third-order valence-electron chi connectivity index (χ3n) is 3.22. The molecule has 122 valence electrons. The van der Waals surface area contributed by atoms with Crippen molar-refractivity contribution in [1.82, 2.24) is 0 Å². The van der Waals surface area contributed by atoms with E-state index in [0.717, 1.165) is 19.3 Å². The minimum Gasteiger partial charge on any atom is -0.458 e. The summed E-state index contributed by atoms with van der Waals surface area (Å²) in [5, 5.41) is 0. The summed E-state index contributed by atoms with van der Waals surface area (Å²) in [6.07, 6.45) is 12.5. The van der Waals surface area contributed by atoms with E-state index < -0.39 is 11.9 Å². The Morgan fingerprint density at radius 3 is 2.38 bits per heavy atom. The van der Waals surface area contributed by atoms with Crippen LogP contribution < -0.4 is 0 Å². The van der Waals surface area contributed by atoms with Gasteiger partial charge in [-0.1, -0.05) is 45.3 Å². The molecule has 1 unspecified atom stereocenters. The minimum atomic E-state index is -0.905. The number of unbranched alkanes of at least 4 members (excludes halogenated alkanes) is 4. The molecule has 0 aromatic rings. The van der Waals surface area contributed by atoms with Gasteiger partial charge in [0.15, 0.2) is 0 Å². The summed E-state index contributed by atoms with van der Waals surface area (Å²) < 4.78 is 9.42. The largest absolute Gasteiger partial charge is 0.458 e. The second-order valence-electron chi connectivity index (χ2n) is 5.31. The molecule has 4 nitrogen and oxygen atoms in total. The Balaban J connectivity index is 3.57. The van der Waals surface area contributed by atoms with E-state index in [0.29, 0.717) is 5.92 Å². The zero-order chi connectivity index (χ0) is 15.9. The molecule has 0 spiro atoms. The van der Waals surface area contributed by atoms with E-state index in [9.17, 15) is 9.59 Å². The lowest BCUT2D eigenvalue weighted by Crippen LogP contribution is -2.21. The molecule has 1 atom stereocenters. The van der Waals surface area contributed by atoms with Crippen molar-refractivity contribution in [2.75, 3.05) is 13.2 Å². The second kappa shape index (κ2) is 13.7. The van der Waals surface area contributed by atoms with Gasteiger partial charge in [-0.05, 0) is 38.5 Å². The Bertz CT molecular complexity index is 310. The van der Waals surface area contributed by atoms with Crippen molar-refractivity contribution in [2.45, 2.75) is 65.7 Å². The van der Waals surface area contributed by atoms with E-state index >= 15 is 0 Å². The van der Waals surface area contributed by atoms with Crippen LogP contribution in [0.1, 0.15) is 65.7 Å². The molecule has 0 heterocycles. The topological polar surface area (TPSA) is 52.6 Å². The second-order valence-corrected chi connectivity index (χ2v) is 5.31. The first-order valence-corrected chi connectivity index (χ1v) is 8.10. The summed E-state index contributed by atoms with van der Waals surface area (Å²) in [5.41, 5.74) is 0. The first kappa shape index (κ1) is 19.7. The molecule has 0 fully saturated rings. The molecule has 0 radical (unpaired) electrons. The number of allylic oxidation sites excluding steroid dienone is 2. The van der Waals surface area contributed by atoms with E-state index in [2.05, 4.69) is 30.7 Å². The van der Waals surface area contributed by atoms with Crippen LogP contribution in [-0.2, 0) is 19.1 Å². The lowest BCUT2D eigenvalue weighted by molar-refractivity contribution is -0.167. The van der Waals surface area contributed by atoms with Gasteiger partial charge < -0.3 is 9.47 Å². The first-order valence-electron chi connectivity index (χ1n) is 8.10. The van der Waals surface area contributed by atoms with Gasteiger partial charge in [0, 0.05) is 0 Å². The molecule has 4 heteroatoms. The van der Waals surface area contributed by atoms with E-state index in [1.165, 1.54) is 25.7 Å². The highest BCUT2D eigenvalue weighted by Gasteiger charge is 2.16. The molecule has 0 N–H and O–H groups in total. The normalized spacial score (nSPS) is 12.3. The summed E-state index contributed by atoms with van der Waals surface area (Å²) in [7, 11) is 0. The average Bonchev–Trinajstić information content (AvgIpc) is 2.46. The lowest BCUT2D eigenvalue weighted by atomic mass is 10.0. The molecule has 0 rings (SSSR count). The number of carbonyl (C=O) groups is 2. The molecule has 0 aliphatic rings. The molecule has 0 aliphatic heterocycles. The smallest absolute Gasteiger partial charge is 0.417 e. The lowest BCUT2D eigenvalue weighted by Gasteiger charge is -2.09. The maximum Gasteiger partial charge on any atom is 0.417 e. The predicted molar refractivity (Wildman–Crippen MR) is 83.9 cm³/mol. The van der Waals surface area contributed by atoms with Gasteiger partial charge in [0.05, 0.1) is 13.2 Å². The van der Waals surface area contributed by atoms with Gasteiger partial charge in [-0.2, -0.15) is 0 Å². The molecule has 0 aromatic heterocycles. The summed E-state index contributed by atoms with van der Waals surface area (Å²) in [6.45, 7) is 6.43. The standard InChI is InChI=1S/C17H30O4/c1-4-6-7-8-9-10-11-12-15(3)13-14-21-17(19)16(18)20-5-2/h10-11,15H,4-9,12-14H2,1-3H3. The van der Waals surface area contributed by atoms with Crippen LogP contribution in [0.5, 0.6) is 0 Å². The van der Waals surface area contributed by atoms with Gasteiger partial charge in [-0.25, -0.2) is 9.59 Å². The van der Waals surface area contributed by atoms with Crippen molar-refractivity contribution in [2.24, 2.45) is 5.92 Å². The molecule has 21 heavy (non-hydrogen) atoms. The highest BCUT2D eigenvalue weighted by molar-refractivity contribution is 6.29. The van der Waals surface area contributed by atoms with E-state index in [1.807, 2.05) is 0 Å². The summed E-state index contributed by atoms with van der Waals surface area (Å²) >= 11 is 0. The number of esters is 2. The number of rotatable bonds is 11. The van der Waals surface area contributed by atoms with Crippen LogP contribution >= 0.6 is 0 Å². The number of hydrogen-bond acceptors (Lipinski definition) is 4. The molecule has 0 amide bonds. The Morgan fingerprint density at radius 1 is 1.00 bits per heavy atom. The van der Waals surface area contributed by atoms with Crippen molar-refractivity contribution in [3.8, 4) is 0 Å². The van der Waals surface area contributed by atoms with Gasteiger partial charge >= 0.3 is 11.9 Å². The summed E-state index contributed by atoms with van der Waals surface area (Å²) in [4.78, 5) is 22.2. The first-order chi connectivity index (χ1) is 10.1. The SMILES string of the molecule is CCCCCCC=CCC(C)CCOC(=O)C(=O)OCC. The Labute approximate surface area is 128 Å². The molecular weight excluding hydrogens is 268 g/mol. The Hall–Kier alpha value is -1.32. The fourth-order valence-corrected chi connectivity index (χ4v) is 1.85. The van der Waals surface area contributed by atoms with Crippen LogP contribution in [-0.4, -0.2) is 25.2 Å². The fraction of sp³-hybridized carbons (Fsp3) is 0.765. The predicted octanol–water partition coefficient (Wildman–Crippen LogP) is 4.04. The summed E-state index contributed by atoms with van der Waals surface area (Å²) in [6, 6.07) is 0. The maximum atomic E-state index is 11.2. The highest BCUT2D eigenvalue weighted by Crippen LogP contribution is 2.10. The average molecular weight is 298 g/mol. The monoisotopic (exact) mass is 298 g/mol. The van der Waals surface area contributed by atoms with Crippen LogP contribution in [0.4, 0.5) is 0 Å². The molecular formula is C17H30O4. The number of carbonyl (C=O) groups excluding carboxylic acids is 2. The van der Waals surface area contributed by atoms with Gasteiger partial charge in [0.25, 0.3) is 0 Å². The van der Waals surface area contributed by atoms with Gasteiger partial charge in [-0.15, -0.1) is 0 Å². The van der Waals surface area contributed by atoms with Crippen molar-refractivity contribution < 1.29 is 19.1 Å². The maximum absolute atomic E-state index is 11.2. The zero-order valence-electron chi connectivity index (χ0n) is 13.7. The fourth-order valence-electron chi connectivity index (χ4n) is 1.85. The molecule has 0 aliphatic carbocycles. The Morgan fingerprint density at radius 2 is 1.71 bits per heavy atom. The van der Waals surface area contributed by atoms with Crippen molar-refractivity contribution in [1.29, 1.82) is 0 Å². The van der Waals surface area contributed by atoms with Crippen molar-refractivity contribution >= 4 is 11.9 Å². The van der Waals surface area contributed by atoms with Gasteiger partial charge in [0.2, 0.25) is 0 Å². The number of hydrogen-bond donors (Lipinski definition) is 0. The van der Waals surface area contributed by atoms with Crippen LogP contribution in [0.25, 0.3) is 0 Å². The van der Waals surface area contributed by atoms with Gasteiger partial charge in [0.1, 0.15) is 0 Å². The van der Waals surface area contributed by atoms with Crippen molar-refractivity contribution in [3.05, 3.63) is 12.2 Å². The zero-order valence-corrected chi connectivity index (χ0v) is 13.7. The molecule has 0 saturated heterocycles. The summed E-state index contributed by atoms with van der Waals surface area (Å²) in [5.74, 6) is -1.36. The molecule has 0 saturated carbocycles. The minimum absolute atomic E-state index is 0.188. The highest BCUT2D eigenvalue weighted by atomic mass is 16.6. The van der Waals surface area contributed by atoms with Crippen LogP contribution in [0.3, 0.4) is 0 Å².